The molecule has 0 spiro atoms. The standard InChI is InChI=1S/C19H20O3/c1-4-14-5-9-16(10-6-14)17(20)11-7-15-8-12-18(21-2)19(13-15)22-3/h5-13H,4H2,1-3H3. The molecule has 0 unspecified atom stereocenters. The van der Waals surface area contributed by atoms with Gasteiger partial charge in [0.05, 0.1) is 14.2 Å². The van der Waals surface area contributed by atoms with Gasteiger partial charge >= 0.3 is 0 Å². The number of carbonyl (C=O) groups excluding carboxylic acids is 1. The van der Waals surface area contributed by atoms with E-state index in [0.717, 1.165) is 12.0 Å². The largest absolute Gasteiger partial charge is 0.493 e. The van der Waals surface area contributed by atoms with Crippen molar-refractivity contribution in [3.63, 3.8) is 0 Å². The minimum Gasteiger partial charge on any atom is -0.493 e. The molecule has 2 aromatic rings. The Morgan fingerprint density at radius 3 is 2.27 bits per heavy atom. The molecule has 0 aliphatic heterocycles. The molecule has 0 saturated heterocycles. The van der Waals surface area contributed by atoms with E-state index in [4.69, 9.17) is 9.47 Å². The summed E-state index contributed by atoms with van der Waals surface area (Å²) in [5.74, 6) is 1.29. The molecule has 0 radical (unpaired) electrons. The Labute approximate surface area is 131 Å². The Balaban J connectivity index is 2.14. The van der Waals surface area contributed by atoms with Crippen LogP contribution < -0.4 is 9.47 Å². The van der Waals surface area contributed by atoms with Gasteiger partial charge in [-0.2, -0.15) is 0 Å². The molecule has 0 bridgehead atoms. The molecule has 0 fully saturated rings. The molecule has 0 atom stereocenters. The number of aryl methyl sites for hydroxylation is 1. The molecule has 0 N–H and O–H groups in total. The minimum atomic E-state index is -0.0163. The van der Waals surface area contributed by atoms with Crippen LogP contribution in [0, 0.1) is 0 Å². The summed E-state index contributed by atoms with van der Waals surface area (Å²) in [6.07, 6.45) is 4.32. The number of hydrogen-bond acceptors (Lipinski definition) is 3. The van der Waals surface area contributed by atoms with E-state index in [9.17, 15) is 4.79 Å². The van der Waals surface area contributed by atoms with Crippen LogP contribution in [0.25, 0.3) is 6.08 Å². The predicted octanol–water partition coefficient (Wildman–Crippen LogP) is 4.16. The van der Waals surface area contributed by atoms with Crippen LogP contribution in [0.4, 0.5) is 0 Å². The van der Waals surface area contributed by atoms with Crippen molar-refractivity contribution in [3.05, 3.63) is 65.2 Å². The number of carbonyl (C=O) groups is 1. The van der Waals surface area contributed by atoms with Crippen molar-refractivity contribution in [1.29, 1.82) is 0 Å². The Bertz CT molecular complexity index is 670. The van der Waals surface area contributed by atoms with E-state index in [1.54, 1.807) is 26.4 Å². The van der Waals surface area contributed by atoms with Gasteiger partial charge in [0.1, 0.15) is 0 Å². The van der Waals surface area contributed by atoms with Crippen LogP contribution in [0.5, 0.6) is 11.5 Å². The van der Waals surface area contributed by atoms with Crippen LogP contribution >= 0.6 is 0 Å². The van der Waals surface area contributed by atoms with Crippen LogP contribution in [-0.4, -0.2) is 20.0 Å². The van der Waals surface area contributed by atoms with Gasteiger partial charge in [-0.25, -0.2) is 0 Å². The predicted molar refractivity (Wildman–Crippen MR) is 88.7 cm³/mol. The molecule has 3 heteroatoms. The first kappa shape index (κ1) is 15.8. The summed E-state index contributed by atoms with van der Waals surface area (Å²) >= 11 is 0. The topological polar surface area (TPSA) is 35.5 Å². The van der Waals surface area contributed by atoms with Crippen LogP contribution in [0.3, 0.4) is 0 Å². The maximum Gasteiger partial charge on any atom is 0.185 e. The molecule has 2 aromatic carbocycles. The number of allylic oxidation sites excluding steroid dienone is 1. The van der Waals surface area contributed by atoms with Crippen LogP contribution in [-0.2, 0) is 6.42 Å². The summed E-state index contributed by atoms with van der Waals surface area (Å²) in [6, 6.07) is 13.2. The zero-order valence-corrected chi connectivity index (χ0v) is 13.1. The minimum absolute atomic E-state index is 0.0163. The third-order valence-electron chi connectivity index (χ3n) is 3.48. The van der Waals surface area contributed by atoms with Crippen molar-refractivity contribution < 1.29 is 14.3 Å². The average molecular weight is 296 g/mol. The summed E-state index contributed by atoms with van der Waals surface area (Å²) in [6.45, 7) is 2.09. The van der Waals surface area contributed by atoms with Gasteiger partial charge in [-0.1, -0.05) is 43.3 Å². The SMILES string of the molecule is CCc1ccc(C(=O)C=Cc2ccc(OC)c(OC)c2)cc1. The number of methoxy groups -OCH3 is 2. The summed E-state index contributed by atoms with van der Waals surface area (Å²) in [4.78, 5) is 12.2. The number of ether oxygens (including phenoxy) is 2. The molecule has 2 rings (SSSR count). The lowest BCUT2D eigenvalue weighted by atomic mass is 10.1. The Hall–Kier alpha value is -2.55. The lowest BCUT2D eigenvalue weighted by molar-refractivity contribution is 0.104. The molecular weight excluding hydrogens is 276 g/mol. The first-order valence-corrected chi connectivity index (χ1v) is 7.21. The second kappa shape index (κ2) is 7.46. The molecule has 0 saturated carbocycles. The monoisotopic (exact) mass is 296 g/mol. The lowest BCUT2D eigenvalue weighted by Gasteiger charge is -2.07. The highest BCUT2D eigenvalue weighted by Crippen LogP contribution is 2.28. The van der Waals surface area contributed by atoms with Gasteiger partial charge < -0.3 is 9.47 Å². The number of ketones is 1. The molecule has 114 valence electrons. The van der Waals surface area contributed by atoms with E-state index in [1.165, 1.54) is 5.56 Å². The van der Waals surface area contributed by atoms with Crippen LogP contribution in [0.1, 0.15) is 28.4 Å². The number of rotatable bonds is 6. The van der Waals surface area contributed by atoms with Crippen LogP contribution in [0.15, 0.2) is 48.5 Å². The highest BCUT2D eigenvalue weighted by molar-refractivity contribution is 6.06. The van der Waals surface area contributed by atoms with E-state index < -0.39 is 0 Å². The summed E-state index contributed by atoms with van der Waals surface area (Å²) < 4.78 is 10.4. The van der Waals surface area contributed by atoms with Gasteiger partial charge in [0, 0.05) is 5.56 Å². The Morgan fingerprint density at radius 2 is 1.68 bits per heavy atom. The van der Waals surface area contributed by atoms with Crippen molar-refractivity contribution in [3.8, 4) is 11.5 Å². The van der Waals surface area contributed by atoms with Crippen LogP contribution in [0.2, 0.25) is 0 Å². The summed E-state index contributed by atoms with van der Waals surface area (Å²) in [5.41, 5.74) is 2.80. The van der Waals surface area contributed by atoms with E-state index in [0.29, 0.717) is 17.1 Å². The summed E-state index contributed by atoms with van der Waals surface area (Å²) in [7, 11) is 3.18. The fourth-order valence-corrected chi connectivity index (χ4v) is 2.13. The maximum absolute atomic E-state index is 12.2. The fourth-order valence-electron chi connectivity index (χ4n) is 2.13. The third kappa shape index (κ3) is 3.76. The molecular formula is C19H20O3. The smallest absolute Gasteiger partial charge is 0.185 e. The van der Waals surface area contributed by atoms with Crippen molar-refractivity contribution in [2.45, 2.75) is 13.3 Å². The van der Waals surface area contributed by atoms with E-state index in [2.05, 4.69) is 6.92 Å². The zero-order valence-electron chi connectivity index (χ0n) is 13.1. The molecule has 22 heavy (non-hydrogen) atoms. The second-order valence-electron chi connectivity index (χ2n) is 4.86. The molecule has 0 aliphatic rings. The average Bonchev–Trinajstić information content (AvgIpc) is 2.59. The van der Waals surface area contributed by atoms with E-state index in [-0.39, 0.29) is 5.78 Å². The molecule has 0 amide bonds. The van der Waals surface area contributed by atoms with E-state index >= 15 is 0 Å². The van der Waals surface area contributed by atoms with Gasteiger partial charge in [-0.15, -0.1) is 0 Å². The molecule has 0 heterocycles. The zero-order chi connectivity index (χ0) is 15.9. The van der Waals surface area contributed by atoms with Crippen molar-refractivity contribution in [2.75, 3.05) is 14.2 Å². The second-order valence-corrected chi connectivity index (χ2v) is 4.86. The number of hydrogen-bond donors (Lipinski definition) is 0. The highest BCUT2D eigenvalue weighted by atomic mass is 16.5. The Kier molecular flexibility index (Phi) is 5.37. The molecule has 0 aliphatic carbocycles. The first-order chi connectivity index (χ1) is 10.7. The Morgan fingerprint density at radius 1 is 1.00 bits per heavy atom. The third-order valence-corrected chi connectivity index (χ3v) is 3.48. The fraction of sp³-hybridized carbons (Fsp3) is 0.211. The maximum atomic E-state index is 12.2. The van der Waals surface area contributed by atoms with E-state index in [1.807, 2.05) is 42.5 Å². The normalized spacial score (nSPS) is 10.7. The first-order valence-electron chi connectivity index (χ1n) is 7.21. The van der Waals surface area contributed by atoms with Crippen molar-refractivity contribution in [2.24, 2.45) is 0 Å². The molecule has 3 nitrogen and oxygen atoms in total. The van der Waals surface area contributed by atoms with Gasteiger partial charge in [0.2, 0.25) is 0 Å². The number of benzene rings is 2. The van der Waals surface area contributed by atoms with Crippen molar-refractivity contribution >= 4 is 11.9 Å². The van der Waals surface area contributed by atoms with Crippen molar-refractivity contribution in [1.82, 2.24) is 0 Å². The van der Waals surface area contributed by atoms with Gasteiger partial charge in [-0.3, -0.25) is 4.79 Å². The van der Waals surface area contributed by atoms with Gasteiger partial charge in [0.15, 0.2) is 17.3 Å². The quantitative estimate of drug-likeness (QED) is 0.593. The lowest BCUT2D eigenvalue weighted by Crippen LogP contribution is -1.94. The van der Waals surface area contributed by atoms with Gasteiger partial charge in [0.25, 0.3) is 0 Å². The molecule has 0 aromatic heterocycles. The summed E-state index contributed by atoms with van der Waals surface area (Å²) in [5, 5.41) is 0. The highest BCUT2D eigenvalue weighted by Gasteiger charge is 2.04. The van der Waals surface area contributed by atoms with Gasteiger partial charge in [-0.05, 0) is 35.8 Å².